The average molecular weight is 227 g/mol. The Kier molecular flexibility index (Phi) is 2.21. The predicted octanol–water partition coefficient (Wildman–Crippen LogP) is 1.64. The van der Waals surface area contributed by atoms with E-state index in [0.29, 0.717) is 5.82 Å². The number of rotatable bonds is 1. The lowest BCUT2D eigenvalue weighted by molar-refractivity contribution is 0.881. The van der Waals surface area contributed by atoms with E-state index in [4.69, 9.17) is 0 Å². The Morgan fingerprint density at radius 2 is 2.06 bits per heavy atom. The zero-order valence-corrected chi connectivity index (χ0v) is 9.53. The van der Waals surface area contributed by atoms with Gasteiger partial charge in [-0.25, -0.2) is 4.98 Å². The third kappa shape index (κ3) is 1.62. The number of hydrogen-bond donors (Lipinski definition) is 2. The third-order valence-electron chi connectivity index (χ3n) is 3.10. The van der Waals surface area contributed by atoms with E-state index >= 15 is 0 Å². The molecule has 0 aliphatic carbocycles. The van der Waals surface area contributed by atoms with Crippen LogP contribution >= 0.6 is 0 Å². The molecule has 17 heavy (non-hydrogen) atoms. The highest BCUT2D eigenvalue weighted by molar-refractivity contribution is 5.54. The van der Waals surface area contributed by atoms with Crippen molar-refractivity contribution < 1.29 is 0 Å². The maximum atomic E-state index is 12.0. The van der Waals surface area contributed by atoms with Crippen LogP contribution in [-0.2, 0) is 0 Å². The number of aryl methyl sites for hydroxylation is 1. The second-order valence-electron chi connectivity index (χ2n) is 4.26. The van der Waals surface area contributed by atoms with Crippen LogP contribution in [-0.4, -0.2) is 16.5 Å². The van der Waals surface area contributed by atoms with Gasteiger partial charge in [-0.2, -0.15) is 0 Å². The van der Waals surface area contributed by atoms with Crippen LogP contribution < -0.4 is 10.9 Å². The number of nitrogens with zero attached hydrogens (tertiary/aromatic N) is 1. The minimum Gasteiger partial charge on any atom is -0.369 e. The van der Waals surface area contributed by atoms with E-state index in [9.17, 15) is 4.79 Å². The normalized spacial score (nSPS) is 17.6. The molecule has 1 atom stereocenters. The highest BCUT2D eigenvalue weighted by atomic mass is 16.1. The molecule has 0 unspecified atom stereocenters. The summed E-state index contributed by atoms with van der Waals surface area (Å²) in [6, 6.07) is 10.0. The van der Waals surface area contributed by atoms with Crippen LogP contribution in [0.3, 0.4) is 0 Å². The number of H-pyrrole nitrogens is 1. The van der Waals surface area contributed by atoms with E-state index in [1.807, 2.05) is 30.3 Å². The van der Waals surface area contributed by atoms with E-state index in [0.717, 1.165) is 23.5 Å². The van der Waals surface area contributed by atoms with Gasteiger partial charge in [-0.1, -0.05) is 30.3 Å². The second kappa shape index (κ2) is 3.73. The van der Waals surface area contributed by atoms with Crippen molar-refractivity contribution in [2.24, 2.45) is 0 Å². The van der Waals surface area contributed by atoms with Gasteiger partial charge in [0, 0.05) is 12.5 Å². The molecule has 1 aromatic carbocycles. The third-order valence-corrected chi connectivity index (χ3v) is 3.10. The topological polar surface area (TPSA) is 57.8 Å². The van der Waals surface area contributed by atoms with Gasteiger partial charge >= 0.3 is 0 Å². The quantitative estimate of drug-likeness (QED) is 0.778. The highest BCUT2D eigenvalue weighted by Crippen LogP contribution is 2.31. The van der Waals surface area contributed by atoms with Crippen LogP contribution in [0.5, 0.6) is 0 Å². The monoisotopic (exact) mass is 227 g/mol. The Morgan fingerprint density at radius 1 is 1.29 bits per heavy atom. The Balaban J connectivity index is 2.14. The minimum atomic E-state index is -0.0358. The maximum Gasteiger partial charge on any atom is 0.256 e. The van der Waals surface area contributed by atoms with Gasteiger partial charge in [-0.3, -0.25) is 4.79 Å². The lowest BCUT2D eigenvalue weighted by Gasteiger charge is -2.08. The van der Waals surface area contributed by atoms with Gasteiger partial charge < -0.3 is 10.3 Å². The zero-order chi connectivity index (χ0) is 11.8. The van der Waals surface area contributed by atoms with Gasteiger partial charge in [0.2, 0.25) is 0 Å². The van der Waals surface area contributed by atoms with Gasteiger partial charge in [0.25, 0.3) is 5.56 Å². The number of fused-ring (bicyclic) bond motifs is 1. The summed E-state index contributed by atoms with van der Waals surface area (Å²) in [6.45, 7) is 2.53. The first kappa shape index (κ1) is 10.1. The summed E-state index contributed by atoms with van der Waals surface area (Å²) in [5.41, 5.74) is 1.86. The van der Waals surface area contributed by atoms with Crippen LogP contribution in [0.2, 0.25) is 0 Å². The van der Waals surface area contributed by atoms with Crippen molar-refractivity contribution >= 4 is 5.82 Å². The van der Waals surface area contributed by atoms with Crippen LogP contribution in [0.15, 0.2) is 35.1 Å². The molecule has 0 fully saturated rings. The molecular formula is C13H13N3O. The molecule has 1 aromatic heterocycles. The fraction of sp³-hybridized carbons (Fsp3) is 0.231. The second-order valence-corrected chi connectivity index (χ2v) is 4.26. The SMILES string of the molecule is Cc1nc2c(c(=O)[nH]1)[C@@H](c1ccccc1)CN2. The molecule has 3 rings (SSSR count). The molecule has 2 N–H and O–H groups in total. The van der Waals surface area contributed by atoms with Crippen LogP contribution in [0, 0.1) is 6.92 Å². The number of anilines is 1. The summed E-state index contributed by atoms with van der Waals surface area (Å²) < 4.78 is 0. The largest absolute Gasteiger partial charge is 0.369 e. The molecule has 1 aliphatic heterocycles. The summed E-state index contributed by atoms with van der Waals surface area (Å²) in [6.07, 6.45) is 0. The van der Waals surface area contributed by atoms with Crippen molar-refractivity contribution in [2.45, 2.75) is 12.8 Å². The molecule has 2 heterocycles. The number of benzene rings is 1. The molecule has 0 amide bonds. The molecular weight excluding hydrogens is 214 g/mol. The average Bonchev–Trinajstić information content (AvgIpc) is 2.74. The number of nitrogens with one attached hydrogen (secondary N) is 2. The summed E-state index contributed by atoms with van der Waals surface area (Å²) in [5, 5.41) is 3.20. The Hall–Kier alpha value is -2.10. The van der Waals surface area contributed by atoms with Crippen molar-refractivity contribution in [2.75, 3.05) is 11.9 Å². The summed E-state index contributed by atoms with van der Waals surface area (Å²) in [4.78, 5) is 19.1. The van der Waals surface area contributed by atoms with Crippen molar-refractivity contribution in [3.8, 4) is 0 Å². The standard InChI is InChI=1S/C13H13N3O/c1-8-15-12-11(13(17)16-8)10(7-14-12)9-5-3-2-4-6-9/h2-6,10H,7H2,1H3,(H2,14,15,16,17)/t10-/m1/s1. The van der Waals surface area contributed by atoms with Crippen molar-refractivity contribution in [1.82, 2.24) is 9.97 Å². The highest BCUT2D eigenvalue weighted by Gasteiger charge is 2.28. The van der Waals surface area contributed by atoms with Crippen LogP contribution in [0.25, 0.3) is 0 Å². The molecule has 4 nitrogen and oxygen atoms in total. The summed E-state index contributed by atoms with van der Waals surface area (Å²) >= 11 is 0. The number of aromatic nitrogens is 2. The van der Waals surface area contributed by atoms with E-state index in [1.165, 1.54) is 0 Å². The molecule has 1 aliphatic rings. The van der Waals surface area contributed by atoms with Crippen molar-refractivity contribution in [1.29, 1.82) is 0 Å². The lowest BCUT2D eigenvalue weighted by Crippen LogP contribution is -2.17. The first-order chi connectivity index (χ1) is 8.25. The van der Waals surface area contributed by atoms with Crippen LogP contribution in [0.1, 0.15) is 22.9 Å². The van der Waals surface area contributed by atoms with Crippen LogP contribution in [0.4, 0.5) is 5.82 Å². The Morgan fingerprint density at radius 3 is 2.82 bits per heavy atom. The van der Waals surface area contributed by atoms with E-state index < -0.39 is 0 Å². The lowest BCUT2D eigenvalue weighted by atomic mass is 9.95. The van der Waals surface area contributed by atoms with Gasteiger partial charge in [0.05, 0.1) is 5.56 Å². The summed E-state index contributed by atoms with van der Waals surface area (Å²) in [7, 11) is 0. The fourth-order valence-electron chi connectivity index (χ4n) is 2.32. The molecule has 0 radical (unpaired) electrons. The Bertz CT molecular complexity index is 604. The number of hydrogen-bond acceptors (Lipinski definition) is 3. The van der Waals surface area contributed by atoms with E-state index in [-0.39, 0.29) is 11.5 Å². The molecule has 0 bridgehead atoms. The molecule has 0 spiro atoms. The van der Waals surface area contributed by atoms with Gasteiger partial charge in [-0.15, -0.1) is 0 Å². The molecule has 4 heteroatoms. The number of aromatic amines is 1. The van der Waals surface area contributed by atoms with Gasteiger partial charge in [0.15, 0.2) is 0 Å². The van der Waals surface area contributed by atoms with E-state index in [1.54, 1.807) is 6.92 Å². The maximum absolute atomic E-state index is 12.0. The first-order valence-corrected chi connectivity index (χ1v) is 5.65. The fourth-order valence-corrected chi connectivity index (χ4v) is 2.32. The Labute approximate surface area is 98.7 Å². The smallest absolute Gasteiger partial charge is 0.256 e. The predicted molar refractivity (Wildman–Crippen MR) is 66.4 cm³/mol. The zero-order valence-electron chi connectivity index (χ0n) is 9.53. The van der Waals surface area contributed by atoms with Crippen molar-refractivity contribution in [3.05, 3.63) is 57.6 Å². The van der Waals surface area contributed by atoms with E-state index in [2.05, 4.69) is 15.3 Å². The van der Waals surface area contributed by atoms with Crippen molar-refractivity contribution in [3.63, 3.8) is 0 Å². The van der Waals surface area contributed by atoms with Gasteiger partial charge in [-0.05, 0) is 12.5 Å². The molecule has 0 saturated heterocycles. The molecule has 86 valence electrons. The minimum absolute atomic E-state index is 0.0358. The molecule has 2 aromatic rings. The molecule has 0 saturated carbocycles. The van der Waals surface area contributed by atoms with Gasteiger partial charge in [0.1, 0.15) is 11.6 Å². The first-order valence-electron chi connectivity index (χ1n) is 5.65. The summed E-state index contributed by atoms with van der Waals surface area (Å²) in [5.74, 6) is 1.47.